The van der Waals surface area contributed by atoms with Gasteiger partial charge in [0.25, 0.3) is 0 Å². The highest BCUT2D eigenvalue weighted by Crippen LogP contribution is 2.33. The van der Waals surface area contributed by atoms with Gasteiger partial charge in [0, 0.05) is 34.2 Å². The fourth-order valence-electron chi connectivity index (χ4n) is 2.69. The molecule has 1 aromatic heterocycles. The third kappa shape index (κ3) is 3.74. The molecule has 4 heteroatoms. The molecule has 0 bridgehead atoms. The lowest BCUT2D eigenvalue weighted by atomic mass is 10.0. The van der Waals surface area contributed by atoms with Gasteiger partial charge in [-0.05, 0) is 42.0 Å². The van der Waals surface area contributed by atoms with Crippen LogP contribution in [0, 0.1) is 0 Å². The van der Waals surface area contributed by atoms with E-state index in [1.54, 1.807) is 11.3 Å². The summed E-state index contributed by atoms with van der Waals surface area (Å²) in [6.07, 6.45) is 3.98. The summed E-state index contributed by atoms with van der Waals surface area (Å²) in [5, 5.41) is 2.08. The lowest BCUT2D eigenvalue weighted by molar-refractivity contribution is -0.118. The number of rotatable bonds is 6. The first-order valence-corrected chi connectivity index (χ1v) is 8.88. The van der Waals surface area contributed by atoms with Crippen molar-refractivity contribution in [1.29, 1.82) is 0 Å². The van der Waals surface area contributed by atoms with Crippen LogP contribution >= 0.6 is 27.3 Å². The number of halogens is 1. The topological polar surface area (TPSA) is 26.3 Å². The number of fused-ring (bicyclic) bond motifs is 1. The van der Waals surface area contributed by atoms with Crippen LogP contribution in [-0.2, 0) is 24.1 Å². The van der Waals surface area contributed by atoms with Gasteiger partial charge in [0.15, 0.2) is 0 Å². The van der Waals surface area contributed by atoms with Crippen LogP contribution < -0.4 is 4.74 Å². The first-order chi connectivity index (χ1) is 10.2. The molecule has 2 heterocycles. The maximum absolute atomic E-state index is 12.2. The van der Waals surface area contributed by atoms with Gasteiger partial charge in [0.1, 0.15) is 11.5 Å². The van der Waals surface area contributed by atoms with Crippen LogP contribution in [-0.4, -0.2) is 12.4 Å². The van der Waals surface area contributed by atoms with Gasteiger partial charge in [-0.25, -0.2) is 0 Å². The Morgan fingerprint density at radius 3 is 3.10 bits per heavy atom. The van der Waals surface area contributed by atoms with Crippen molar-refractivity contribution >= 4 is 33.0 Å². The Bertz CT molecular complexity index is 634. The van der Waals surface area contributed by atoms with Gasteiger partial charge in [-0.2, -0.15) is 0 Å². The Morgan fingerprint density at radius 1 is 1.38 bits per heavy atom. The van der Waals surface area contributed by atoms with E-state index in [0.29, 0.717) is 18.6 Å². The van der Waals surface area contributed by atoms with Crippen LogP contribution in [0.2, 0.25) is 0 Å². The molecule has 1 aliphatic rings. The number of ketones is 1. The zero-order valence-electron chi connectivity index (χ0n) is 11.7. The van der Waals surface area contributed by atoms with E-state index in [0.717, 1.165) is 41.7 Å². The van der Waals surface area contributed by atoms with Crippen molar-refractivity contribution in [2.75, 3.05) is 6.61 Å². The number of carbonyl (C=O) groups is 1. The number of aryl methyl sites for hydroxylation is 1. The van der Waals surface area contributed by atoms with Crippen molar-refractivity contribution in [3.05, 3.63) is 50.1 Å². The SMILES string of the molecule is O=C(CCCc1cccs1)Cc1cc(Br)cc2c1OCC2. The molecule has 0 saturated heterocycles. The second-order valence-electron chi connectivity index (χ2n) is 5.30. The summed E-state index contributed by atoms with van der Waals surface area (Å²) in [6, 6.07) is 8.29. The number of hydrogen-bond acceptors (Lipinski definition) is 3. The molecule has 0 amide bonds. The molecular weight excluding hydrogens is 348 g/mol. The predicted octanol–water partition coefficient (Wildman–Crippen LogP) is 4.58. The largest absolute Gasteiger partial charge is 0.493 e. The van der Waals surface area contributed by atoms with Crippen molar-refractivity contribution in [2.24, 2.45) is 0 Å². The van der Waals surface area contributed by atoms with Gasteiger partial charge >= 0.3 is 0 Å². The van der Waals surface area contributed by atoms with Gasteiger partial charge in [0.05, 0.1) is 6.61 Å². The normalized spacial score (nSPS) is 13.0. The Kier molecular flexibility index (Phi) is 4.76. The molecule has 0 radical (unpaired) electrons. The molecule has 0 aliphatic carbocycles. The van der Waals surface area contributed by atoms with E-state index in [-0.39, 0.29) is 0 Å². The third-order valence-corrected chi connectivity index (χ3v) is 5.07. The number of ether oxygens (including phenoxy) is 1. The average molecular weight is 365 g/mol. The highest BCUT2D eigenvalue weighted by atomic mass is 79.9. The number of benzene rings is 1. The first-order valence-electron chi connectivity index (χ1n) is 7.20. The maximum Gasteiger partial charge on any atom is 0.137 e. The lowest BCUT2D eigenvalue weighted by Crippen LogP contribution is -2.04. The molecule has 0 N–H and O–H groups in total. The van der Waals surface area contributed by atoms with Crippen LogP contribution in [0.5, 0.6) is 5.75 Å². The Morgan fingerprint density at radius 2 is 2.29 bits per heavy atom. The van der Waals surface area contributed by atoms with E-state index in [9.17, 15) is 4.79 Å². The number of hydrogen-bond donors (Lipinski definition) is 0. The van der Waals surface area contributed by atoms with E-state index < -0.39 is 0 Å². The third-order valence-electron chi connectivity index (χ3n) is 3.67. The first kappa shape index (κ1) is 14.8. The Labute approximate surface area is 137 Å². The van der Waals surface area contributed by atoms with E-state index in [4.69, 9.17) is 4.74 Å². The van der Waals surface area contributed by atoms with Crippen molar-refractivity contribution in [1.82, 2.24) is 0 Å². The summed E-state index contributed by atoms with van der Waals surface area (Å²) >= 11 is 5.28. The highest BCUT2D eigenvalue weighted by molar-refractivity contribution is 9.10. The van der Waals surface area contributed by atoms with Crippen LogP contribution in [0.25, 0.3) is 0 Å². The Balaban J connectivity index is 1.58. The Hall–Kier alpha value is -1.13. The molecule has 2 aromatic rings. The van der Waals surface area contributed by atoms with Crippen molar-refractivity contribution in [2.45, 2.75) is 32.1 Å². The molecule has 0 fully saturated rings. The van der Waals surface area contributed by atoms with E-state index in [2.05, 4.69) is 39.5 Å². The number of carbonyl (C=O) groups excluding carboxylic acids is 1. The monoisotopic (exact) mass is 364 g/mol. The van der Waals surface area contributed by atoms with E-state index in [1.807, 2.05) is 6.07 Å². The van der Waals surface area contributed by atoms with E-state index >= 15 is 0 Å². The molecule has 1 aromatic carbocycles. The quantitative estimate of drug-likeness (QED) is 0.749. The van der Waals surface area contributed by atoms with Crippen LogP contribution in [0.4, 0.5) is 0 Å². The second-order valence-corrected chi connectivity index (χ2v) is 7.25. The molecule has 0 atom stereocenters. The fraction of sp³-hybridized carbons (Fsp3) is 0.353. The fourth-order valence-corrected chi connectivity index (χ4v) is 4.00. The molecule has 110 valence electrons. The minimum absolute atomic E-state index is 0.294. The summed E-state index contributed by atoms with van der Waals surface area (Å²) < 4.78 is 6.71. The van der Waals surface area contributed by atoms with Gasteiger partial charge in [0.2, 0.25) is 0 Å². The summed E-state index contributed by atoms with van der Waals surface area (Å²) in [7, 11) is 0. The van der Waals surface area contributed by atoms with Gasteiger partial charge in [-0.1, -0.05) is 22.0 Å². The molecule has 21 heavy (non-hydrogen) atoms. The van der Waals surface area contributed by atoms with Crippen LogP contribution in [0.3, 0.4) is 0 Å². The van der Waals surface area contributed by atoms with Crippen LogP contribution in [0.1, 0.15) is 28.8 Å². The molecular formula is C17H17BrO2S. The maximum atomic E-state index is 12.2. The summed E-state index contributed by atoms with van der Waals surface area (Å²) in [5.41, 5.74) is 2.24. The molecule has 0 saturated carbocycles. The summed E-state index contributed by atoms with van der Waals surface area (Å²) in [4.78, 5) is 13.5. The average Bonchev–Trinajstić information content (AvgIpc) is 3.09. The standard InChI is InChI=1S/C17H17BrO2S/c18-14-9-12-6-7-20-17(12)13(10-14)11-15(19)3-1-4-16-5-2-8-21-16/h2,5,8-10H,1,3-4,6-7,11H2. The molecule has 1 aliphatic heterocycles. The van der Waals surface area contributed by atoms with Gasteiger partial charge in [-0.15, -0.1) is 11.3 Å². The molecule has 0 unspecified atom stereocenters. The summed E-state index contributed by atoms with van der Waals surface area (Å²) in [5.74, 6) is 1.23. The van der Waals surface area contributed by atoms with Gasteiger partial charge in [-0.3, -0.25) is 4.79 Å². The molecule has 2 nitrogen and oxygen atoms in total. The smallest absolute Gasteiger partial charge is 0.137 e. The molecule has 3 rings (SSSR count). The minimum Gasteiger partial charge on any atom is -0.493 e. The van der Waals surface area contributed by atoms with Crippen molar-refractivity contribution in [3.8, 4) is 5.75 Å². The molecule has 0 spiro atoms. The number of thiophene rings is 1. The van der Waals surface area contributed by atoms with Crippen molar-refractivity contribution in [3.63, 3.8) is 0 Å². The highest BCUT2D eigenvalue weighted by Gasteiger charge is 2.19. The van der Waals surface area contributed by atoms with Crippen molar-refractivity contribution < 1.29 is 9.53 Å². The van der Waals surface area contributed by atoms with Gasteiger partial charge < -0.3 is 4.74 Å². The predicted molar refractivity (Wildman–Crippen MR) is 89.3 cm³/mol. The second kappa shape index (κ2) is 6.75. The van der Waals surface area contributed by atoms with E-state index in [1.165, 1.54) is 10.4 Å². The zero-order chi connectivity index (χ0) is 14.7. The van der Waals surface area contributed by atoms with Crippen LogP contribution in [0.15, 0.2) is 34.1 Å². The zero-order valence-corrected chi connectivity index (χ0v) is 14.1. The lowest BCUT2D eigenvalue weighted by Gasteiger charge is -2.08. The minimum atomic E-state index is 0.294. The summed E-state index contributed by atoms with van der Waals surface area (Å²) in [6.45, 7) is 0.728. The number of Topliss-reactive ketones (excluding diaryl/α,β-unsaturated/α-hetero) is 1.